The zero-order valence-corrected chi connectivity index (χ0v) is 14.9. The Morgan fingerprint density at radius 3 is 2.87 bits per heavy atom. The first kappa shape index (κ1) is 17.6. The van der Waals surface area contributed by atoms with Gasteiger partial charge in [-0.05, 0) is 55.0 Å². The lowest BCUT2D eigenvalue weighted by Crippen LogP contribution is -2.10. The van der Waals surface area contributed by atoms with Gasteiger partial charge in [-0.3, -0.25) is 4.79 Å². The van der Waals surface area contributed by atoms with E-state index in [2.05, 4.69) is 12.2 Å². The first-order chi connectivity index (χ1) is 10.6. The average Bonchev–Trinajstić information content (AvgIpc) is 2.90. The fourth-order valence-electron chi connectivity index (χ4n) is 2.82. The van der Waals surface area contributed by atoms with E-state index in [0.29, 0.717) is 23.0 Å². The number of nitrogens with two attached hydrogens (primary N) is 1. The summed E-state index contributed by atoms with van der Waals surface area (Å²) in [6.07, 6.45) is 3.38. The number of fused-ring (bicyclic) bond motifs is 1. The fraction of sp³-hybridized carbons (Fsp3) is 0.353. The Morgan fingerprint density at radius 2 is 2.17 bits per heavy atom. The number of nitrogens with one attached hydrogen (secondary N) is 1. The molecule has 1 unspecified atom stereocenters. The van der Waals surface area contributed by atoms with Gasteiger partial charge in [-0.2, -0.15) is 0 Å². The SMILES string of the molecule is COc1ccc(NC(=O)c2cc3c(s2)CCC(C)C3)cc1N.Cl. The third kappa shape index (κ3) is 3.79. The normalized spacial score (nSPS) is 16.2. The zero-order chi connectivity index (χ0) is 15.7. The topological polar surface area (TPSA) is 64.3 Å². The molecule has 4 nitrogen and oxygen atoms in total. The number of hydrogen-bond acceptors (Lipinski definition) is 4. The lowest BCUT2D eigenvalue weighted by molar-refractivity contribution is 0.103. The molecule has 2 aromatic rings. The molecular weight excluding hydrogens is 332 g/mol. The Hall–Kier alpha value is -1.72. The summed E-state index contributed by atoms with van der Waals surface area (Å²) in [4.78, 5) is 14.5. The van der Waals surface area contributed by atoms with E-state index in [9.17, 15) is 4.79 Å². The molecule has 1 heterocycles. The van der Waals surface area contributed by atoms with E-state index < -0.39 is 0 Å². The fourth-order valence-corrected chi connectivity index (χ4v) is 3.93. The van der Waals surface area contributed by atoms with Crippen LogP contribution in [0.5, 0.6) is 5.75 Å². The van der Waals surface area contributed by atoms with Gasteiger partial charge in [0.1, 0.15) is 5.75 Å². The maximum absolute atomic E-state index is 12.4. The van der Waals surface area contributed by atoms with Crippen molar-refractivity contribution in [3.05, 3.63) is 39.6 Å². The summed E-state index contributed by atoms with van der Waals surface area (Å²) in [5.41, 5.74) is 8.40. The second-order valence-corrected chi connectivity index (χ2v) is 6.95. The number of halogens is 1. The van der Waals surface area contributed by atoms with Crippen molar-refractivity contribution in [2.24, 2.45) is 5.92 Å². The highest BCUT2D eigenvalue weighted by atomic mass is 35.5. The molecule has 23 heavy (non-hydrogen) atoms. The third-order valence-corrected chi connectivity index (χ3v) is 5.28. The summed E-state index contributed by atoms with van der Waals surface area (Å²) in [7, 11) is 1.57. The van der Waals surface area contributed by atoms with Gasteiger partial charge >= 0.3 is 0 Å². The van der Waals surface area contributed by atoms with E-state index in [-0.39, 0.29) is 18.3 Å². The van der Waals surface area contributed by atoms with Crippen LogP contribution in [0.15, 0.2) is 24.3 Å². The number of nitrogen functional groups attached to an aromatic ring is 1. The van der Waals surface area contributed by atoms with Gasteiger partial charge in [0.2, 0.25) is 0 Å². The summed E-state index contributed by atoms with van der Waals surface area (Å²) in [6, 6.07) is 7.30. The predicted molar refractivity (Wildman–Crippen MR) is 98.1 cm³/mol. The number of benzene rings is 1. The van der Waals surface area contributed by atoms with Gasteiger partial charge in [0, 0.05) is 10.6 Å². The van der Waals surface area contributed by atoms with Crippen molar-refractivity contribution in [3.8, 4) is 5.75 Å². The summed E-state index contributed by atoms with van der Waals surface area (Å²) in [6.45, 7) is 2.26. The molecule has 1 aromatic heterocycles. The van der Waals surface area contributed by atoms with Crippen molar-refractivity contribution in [2.75, 3.05) is 18.2 Å². The molecule has 3 N–H and O–H groups in total. The number of thiophene rings is 1. The second-order valence-electron chi connectivity index (χ2n) is 5.82. The van der Waals surface area contributed by atoms with E-state index >= 15 is 0 Å². The van der Waals surface area contributed by atoms with E-state index in [4.69, 9.17) is 10.5 Å². The van der Waals surface area contributed by atoms with E-state index in [1.807, 2.05) is 6.07 Å². The van der Waals surface area contributed by atoms with Crippen molar-refractivity contribution >= 4 is 41.0 Å². The zero-order valence-electron chi connectivity index (χ0n) is 13.2. The van der Waals surface area contributed by atoms with Crippen LogP contribution in [-0.2, 0) is 12.8 Å². The van der Waals surface area contributed by atoms with Gasteiger partial charge in [0.05, 0.1) is 17.7 Å². The van der Waals surface area contributed by atoms with Gasteiger partial charge in [0.25, 0.3) is 5.91 Å². The van der Waals surface area contributed by atoms with Crippen molar-refractivity contribution in [1.29, 1.82) is 0 Å². The predicted octanol–water partition coefficient (Wildman–Crippen LogP) is 4.14. The Bertz CT molecular complexity index is 715. The maximum Gasteiger partial charge on any atom is 0.265 e. The van der Waals surface area contributed by atoms with Crippen LogP contribution in [0.25, 0.3) is 0 Å². The minimum Gasteiger partial charge on any atom is -0.495 e. The molecule has 124 valence electrons. The van der Waals surface area contributed by atoms with Crippen LogP contribution in [0, 0.1) is 5.92 Å². The molecule has 3 rings (SSSR count). The number of rotatable bonds is 3. The quantitative estimate of drug-likeness (QED) is 0.816. The van der Waals surface area contributed by atoms with E-state index in [1.165, 1.54) is 16.9 Å². The summed E-state index contributed by atoms with van der Waals surface area (Å²) >= 11 is 1.61. The Labute approximate surface area is 146 Å². The molecule has 6 heteroatoms. The summed E-state index contributed by atoms with van der Waals surface area (Å²) in [5, 5.41) is 2.91. The number of carbonyl (C=O) groups excluding carboxylic acids is 1. The number of anilines is 2. The Morgan fingerprint density at radius 1 is 1.39 bits per heavy atom. The molecule has 0 spiro atoms. The van der Waals surface area contributed by atoms with Gasteiger partial charge in [-0.25, -0.2) is 0 Å². The lowest BCUT2D eigenvalue weighted by atomic mass is 9.90. The molecular formula is C17H21ClN2O2S. The summed E-state index contributed by atoms with van der Waals surface area (Å²) in [5.74, 6) is 1.24. The van der Waals surface area contributed by atoms with Crippen molar-refractivity contribution in [1.82, 2.24) is 0 Å². The summed E-state index contributed by atoms with van der Waals surface area (Å²) < 4.78 is 5.12. The van der Waals surface area contributed by atoms with Gasteiger partial charge in [-0.15, -0.1) is 23.7 Å². The highest BCUT2D eigenvalue weighted by molar-refractivity contribution is 7.14. The molecule has 0 aliphatic heterocycles. The first-order valence-electron chi connectivity index (χ1n) is 7.43. The van der Waals surface area contributed by atoms with Crippen molar-refractivity contribution in [2.45, 2.75) is 26.2 Å². The number of aryl methyl sites for hydroxylation is 1. The van der Waals surface area contributed by atoms with Crippen LogP contribution in [0.2, 0.25) is 0 Å². The number of amides is 1. The van der Waals surface area contributed by atoms with Crippen LogP contribution >= 0.6 is 23.7 Å². The largest absolute Gasteiger partial charge is 0.495 e. The van der Waals surface area contributed by atoms with E-state index in [1.54, 1.807) is 36.6 Å². The minimum absolute atomic E-state index is 0. The second kappa shape index (κ2) is 7.23. The maximum atomic E-state index is 12.4. The molecule has 0 bridgehead atoms. The van der Waals surface area contributed by atoms with E-state index in [0.717, 1.165) is 17.7 Å². The standard InChI is InChI=1S/C17H20N2O2S.ClH/c1-10-3-6-15-11(7-10)8-16(22-15)17(20)19-12-4-5-14(21-2)13(18)9-12;/h4-5,8-10H,3,6-7,18H2,1-2H3,(H,19,20);1H. The van der Waals surface area contributed by atoms with Crippen LogP contribution in [0.3, 0.4) is 0 Å². The number of carbonyl (C=O) groups is 1. The van der Waals surface area contributed by atoms with Gasteiger partial charge < -0.3 is 15.8 Å². The molecule has 1 aliphatic carbocycles. The number of methoxy groups -OCH3 is 1. The monoisotopic (exact) mass is 352 g/mol. The third-order valence-electron chi connectivity index (χ3n) is 4.04. The average molecular weight is 353 g/mol. The lowest BCUT2D eigenvalue weighted by Gasteiger charge is -2.16. The van der Waals surface area contributed by atoms with Gasteiger partial charge in [0.15, 0.2) is 0 Å². The van der Waals surface area contributed by atoms with Crippen LogP contribution in [0.4, 0.5) is 11.4 Å². The Kier molecular flexibility index (Phi) is 5.55. The number of hydrogen-bond donors (Lipinski definition) is 2. The van der Waals surface area contributed by atoms with Crippen molar-refractivity contribution < 1.29 is 9.53 Å². The van der Waals surface area contributed by atoms with Crippen LogP contribution in [0.1, 0.15) is 33.5 Å². The smallest absolute Gasteiger partial charge is 0.265 e. The molecule has 0 saturated heterocycles. The molecule has 1 amide bonds. The van der Waals surface area contributed by atoms with Crippen LogP contribution < -0.4 is 15.8 Å². The highest BCUT2D eigenvalue weighted by Crippen LogP contribution is 2.33. The molecule has 0 saturated carbocycles. The number of ether oxygens (including phenoxy) is 1. The molecule has 1 atom stereocenters. The molecule has 1 aromatic carbocycles. The van der Waals surface area contributed by atoms with Crippen LogP contribution in [-0.4, -0.2) is 13.0 Å². The molecule has 0 fully saturated rings. The van der Waals surface area contributed by atoms with Crippen molar-refractivity contribution in [3.63, 3.8) is 0 Å². The highest BCUT2D eigenvalue weighted by Gasteiger charge is 2.20. The molecule has 1 aliphatic rings. The Balaban J connectivity index is 0.00000192. The first-order valence-corrected chi connectivity index (χ1v) is 8.25. The van der Waals surface area contributed by atoms with Gasteiger partial charge in [-0.1, -0.05) is 6.92 Å². The molecule has 0 radical (unpaired) electrons. The minimum atomic E-state index is -0.0726.